The Morgan fingerprint density at radius 3 is 2.95 bits per heavy atom. The number of aliphatic hydroxyl groups excluding tert-OH is 1. The van der Waals surface area contributed by atoms with Gasteiger partial charge in [0.2, 0.25) is 5.91 Å². The first-order valence-electron chi connectivity index (χ1n) is 7.47. The first-order valence-corrected chi connectivity index (χ1v) is 7.47. The van der Waals surface area contributed by atoms with Gasteiger partial charge in [-0.2, -0.15) is 0 Å². The molecule has 1 aliphatic rings. The van der Waals surface area contributed by atoms with Gasteiger partial charge in [0.15, 0.2) is 0 Å². The average Bonchev–Trinajstić information content (AvgIpc) is 3.05. The van der Waals surface area contributed by atoms with Crippen LogP contribution < -0.4 is 10.1 Å². The second-order valence-corrected chi connectivity index (χ2v) is 5.47. The number of methoxy groups -OCH3 is 1. The third kappa shape index (κ3) is 4.90. The van der Waals surface area contributed by atoms with E-state index in [4.69, 9.17) is 4.74 Å². The Balaban J connectivity index is 1.79. The molecule has 21 heavy (non-hydrogen) atoms. The number of benzene rings is 1. The van der Waals surface area contributed by atoms with Crippen molar-refractivity contribution >= 4 is 12.0 Å². The van der Waals surface area contributed by atoms with Gasteiger partial charge < -0.3 is 15.2 Å². The lowest BCUT2D eigenvalue weighted by molar-refractivity contribution is -0.117. The fourth-order valence-corrected chi connectivity index (χ4v) is 2.69. The summed E-state index contributed by atoms with van der Waals surface area (Å²) in [7, 11) is 1.61. The van der Waals surface area contributed by atoms with E-state index < -0.39 is 6.10 Å². The molecular formula is C17H23NO3. The maximum Gasteiger partial charge on any atom is 0.244 e. The summed E-state index contributed by atoms with van der Waals surface area (Å²) >= 11 is 0. The number of carbonyl (C=O) groups is 1. The second kappa shape index (κ2) is 7.84. The van der Waals surface area contributed by atoms with Crippen molar-refractivity contribution in [2.24, 2.45) is 5.92 Å². The first-order chi connectivity index (χ1) is 10.2. The first kappa shape index (κ1) is 15.6. The molecule has 0 radical (unpaired) electrons. The van der Waals surface area contributed by atoms with E-state index in [9.17, 15) is 9.90 Å². The molecule has 1 aromatic carbocycles. The lowest BCUT2D eigenvalue weighted by atomic mass is 10.0. The van der Waals surface area contributed by atoms with E-state index in [1.807, 2.05) is 24.3 Å². The van der Waals surface area contributed by atoms with Gasteiger partial charge in [0.25, 0.3) is 0 Å². The minimum absolute atomic E-state index is 0.185. The van der Waals surface area contributed by atoms with E-state index in [-0.39, 0.29) is 5.91 Å². The van der Waals surface area contributed by atoms with E-state index >= 15 is 0 Å². The van der Waals surface area contributed by atoms with Crippen LogP contribution in [-0.4, -0.2) is 30.8 Å². The monoisotopic (exact) mass is 289 g/mol. The Kier molecular flexibility index (Phi) is 5.81. The standard InChI is InChI=1S/C17H23NO3/c1-21-15-8-4-5-13(11-15)9-10-17(20)18-12-16(19)14-6-2-3-7-14/h4-5,8-11,14,16,19H,2-3,6-7,12H2,1H3,(H,18,20)/b10-9+. The Morgan fingerprint density at radius 1 is 1.48 bits per heavy atom. The van der Waals surface area contributed by atoms with Crippen molar-refractivity contribution in [2.45, 2.75) is 31.8 Å². The number of ether oxygens (including phenoxy) is 1. The van der Waals surface area contributed by atoms with Gasteiger partial charge in [0.05, 0.1) is 13.2 Å². The van der Waals surface area contributed by atoms with Crippen LogP contribution in [0.4, 0.5) is 0 Å². The maximum atomic E-state index is 11.7. The fourth-order valence-electron chi connectivity index (χ4n) is 2.69. The molecule has 1 amide bonds. The van der Waals surface area contributed by atoms with Crippen molar-refractivity contribution in [2.75, 3.05) is 13.7 Å². The van der Waals surface area contributed by atoms with Gasteiger partial charge in [-0.3, -0.25) is 4.79 Å². The summed E-state index contributed by atoms with van der Waals surface area (Å²) in [6, 6.07) is 7.49. The molecule has 1 unspecified atom stereocenters. The van der Waals surface area contributed by atoms with Gasteiger partial charge in [0.1, 0.15) is 5.75 Å². The largest absolute Gasteiger partial charge is 0.497 e. The minimum Gasteiger partial charge on any atom is -0.497 e. The summed E-state index contributed by atoms with van der Waals surface area (Å²) in [6.07, 6.45) is 7.29. The molecule has 1 saturated carbocycles. The minimum atomic E-state index is -0.429. The highest BCUT2D eigenvalue weighted by atomic mass is 16.5. The molecule has 1 aliphatic carbocycles. The molecule has 2 rings (SSSR count). The summed E-state index contributed by atoms with van der Waals surface area (Å²) in [5, 5.41) is 12.7. The molecule has 0 bridgehead atoms. The number of rotatable bonds is 6. The van der Waals surface area contributed by atoms with E-state index in [0.29, 0.717) is 12.5 Å². The Labute approximate surface area is 125 Å². The molecule has 0 aromatic heterocycles. The summed E-state index contributed by atoms with van der Waals surface area (Å²) in [5.74, 6) is 0.914. The fraction of sp³-hybridized carbons (Fsp3) is 0.471. The van der Waals surface area contributed by atoms with Crippen molar-refractivity contribution in [1.29, 1.82) is 0 Å². The highest BCUT2D eigenvalue weighted by Gasteiger charge is 2.22. The number of amides is 1. The van der Waals surface area contributed by atoms with Crippen LogP contribution >= 0.6 is 0 Å². The summed E-state index contributed by atoms with van der Waals surface area (Å²) < 4.78 is 5.13. The van der Waals surface area contributed by atoms with E-state index in [0.717, 1.165) is 24.2 Å². The number of aliphatic hydroxyl groups is 1. The second-order valence-electron chi connectivity index (χ2n) is 5.47. The zero-order valence-electron chi connectivity index (χ0n) is 12.4. The summed E-state index contributed by atoms with van der Waals surface area (Å²) in [4.78, 5) is 11.7. The van der Waals surface area contributed by atoms with E-state index in [1.54, 1.807) is 13.2 Å². The van der Waals surface area contributed by atoms with E-state index in [2.05, 4.69) is 5.32 Å². The van der Waals surface area contributed by atoms with Crippen molar-refractivity contribution in [1.82, 2.24) is 5.32 Å². The molecule has 114 valence electrons. The highest BCUT2D eigenvalue weighted by Crippen LogP contribution is 2.27. The van der Waals surface area contributed by atoms with Crippen molar-refractivity contribution in [3.63, 3.8) is 0 Å². The van der Waals surface area contributed by atoms with E-state index in [1.165, 1.54) is 18.9 Å². The van der Waals surface area contributed by atoms with Crippen LogP contribution in [0.15, 0.2) is 30.3 Å². The molecule has 0 spiro atoms. The third-order valence-corrected chi connectivity index (χ3v) is 3.95. The zero-order chi connectivity index (χ0) is 15.1. The molecule has 1 fully saturated rings. The topological polar surface area (TPSA) is 58.6 Å². The lowest BCUT2D eigenvalue weighted by Gasteiger charge is -2.17. The van der Waals surface area contributed by atoms with Crippen LogP contribution in [-0.2, 0) is 4.79 Å². The van der Waals surface area contributed by atoms with Gasteiger partial charge in [-0.1, -0.05) is 25.0 Å². The molecule has 4 heteroatoms. The molecule has 0 heterocycles. The lowest BCUT2D eigenvalue weighted by Crippen LogP contribution is -2.34. The maximum absolute atomic E-state index is 11.7. The third-order valence-electron chi connectivity index (χ3n) is 3.95. The molecular weight excluding hydrogens is 266 g/mol. The SMILES string of the molecule is COc1cccc(/C=C/C(=O)NCC(O)C2CCCC2)c1. The van der Waals surface area contributed by atoms with Crippen molar-refractivity contribution in [3.8, 4) is 5.75 Å². The quantitative estimate of drug-likeness (QED) is 0.791. The number of nitrogens with one attached hydrogen (secondary N) is 1. The Bertz CT molecular complexity index is 493. The summed E-state index contributed by atoms with van der Waals surface area (Å²) in [6.45, 7) is 0.325. The summed E-state index contributed by atoms with van der Waals surface area (Å²) in [5.41, 5.74) is 0.904. The van der Waals surface area contributed by atoms with Gasteiger partial charge in [-0.05, 0) is 42.5 Å². The predicted molar refractivity (Wildman–Crippen MR) is 83.0 cm³/mol. The van der Waals surface area contributed by atoms with Crippen molar-refractivity contribution in [3.05, 3.63) is 35.9 Å². The van der Waals surface area contributed by atoms with Crippen LogP contribution in [0.2, 0.25) is 0 Å². The molecule has 0 aliphatic heterocycles. The molecule has 1 atom stereocenters. The molecule has 0 saturated heterocycles. The zero-order valence-corrected chi connectivity index (χ0v) is 12.4. The van der Waals surface area contributed by atoms with Gasteiger partial charge in [-0.15, -0.1) is 0 Å². The predicted octanol–water partition coefficient (Wildman–Crippen LogP) is 2.38. The van der Waals surface area contributed by atoms with Crippen LogP contribution in [0.5, 0.6) is 5.75 Å². The smallest absolute Gasteiger partial charge is 0.244 e. The van der Waals surface area contributed by atoms with Crippen LogP contribution in [0, 0.1) is 5.92 Å². The Hall–Kier alpha value is -1.81. The van der Waals surface area contributed by atoms with Gasteiger partial charge in [-0.25, -0.2) is 0 Å². The van der Waals surface area contributed by atoms with Crippen LogP contribution in [0.3, 0.4) is 0 Å². The average molecular weight is 289 g/mol. The normalized spacial score (nSPS) is 17.0. The van der Waals surface area contributed by atoms with Crippen LogP contribution in [0.25, 0.3) is 6.08 Å². The van der Waals surface area contributed by atoms with Gasteiger partial charge in [0, 0.05) is 12.6 Å². The number of hydrogen-bond acceptors (Lipinski definition) is 3. The molecule has 4 nitrogen and oxygen atoms in total. The van der Waals surface area contributed by atoms with Crippen LogP contribution in [0.1, 0.15) is 31.2 Å². The van der Waals surface area contributed by atoms with Crippen molar-refractivity contribution < 1.29 is 14.6 Å². The number of hydrogen-bond donors (Lipinski definition) is 2. The molecule has 2 N–H and O–H groups in total. The molecule has 1 aromatic rings. The Morgan fingerprint density at radius 2 is 2.24 bits per heavy atom. The highest BCUT2D eigenvalue weighted by molar-refractivity contribution is 5.91. The number of carbonyl (C=O) groups excluding carboxylic acids is 1. The van der Waals surface area contributed by atoms with Gasteiger partial charge >= 0.3 is 0 Å².